The van der Waals surface area contributed by atoms with E-state index >= 15 is 0 Å². The molecule has 2 N–H and O–H groups in total. The van der Waals surface area contributed by atoms with Crippen molar-refractivity contribution in [2.24, 2.45) is 0 Å². The van der Waals surface area contributed by atoms with Crippen molar-refractivity contribution in [1.82, 2.24) is 10.2 Å². The Kier molecular flexibility index (Phi) is 7.62. The first kappa shape index (κ1) is 19.6. The number of anilines is 1. The van der Waals surface area contributed by atoms with Gasteiger partial charge in [0.2, 0.25) is 0 Å². The number of hydrogen-bond donors (Lipinski definition) is 2. The molecule has 0 saturated heterocycles. The van der Waals surface area contributed by atoms with Crippen LogP contribution < -0.4 is 10.6 Å². The molecule has 3 nitrogen and oxygen atoms in total. The molecule has 0 spiro atoms. The average Bonchev–Trinajstić information content (AvgIpc) is 2.61. The molecular formula is C19H23ClFN3S. The average molecular weight is 380 g/mol. The summed E-state index contributed by atoms with van der Waals surface area (Å²) in [4.78, 5) is 2.31. The third-order valence-corrected chi connectivity index (χ3v) is 4.69. The maximum Gasteiger partial charge on any atom is 0.170 e. The summed E-state index contributed by atoms with van der Waals surface area (Å²) >= 11 is 11.7. The van der Waals surface area contributed by atoms with Crippen LogP contribution in [0.1, 0.15) is 25.5 Å². The zero-order chi connectivity index (χ0) is 18.2. The van der Waals surface area contributed by atoms with Crippen molar-refractivity contribution < 1.29 is 4.39 Å². The Hall–Kier alpha value is -1.69. The second-order valence-electron chi connectivity index (χ2n) is 5.57. The van der Waals surface area contributed by atoms with Gasteiger partial charge in [0, 0.05) is 11.6 Å². The van der Waals surface area contributed by atoms with Crippen LogP contribution in [-0.4, -0.2) is 29.6 Å². The first-order valence-electron chi connectivity index (χ1n) is 8.34. The number of hydrogen-bond acceptors (Lipinski definition) is 2. The highest BCUT2D eigenvalue weighted by molar-refractivity contribution is 7.80. The van der Waals surface area contributed by atoms with Crippen LogP contribution in [0, 0.1) is 5.82 Å². The van der Waals surface area contributed by atoms with E-state index in [1.165, 1.54) is 6.07 Å². The van der Waals surface area contributed by atoms with Crippen LogP contribution in [0.5, 0.6) is 0 Å². The van der Waals surface area contributed by atoms with Crippen molar-refractivity contribution in [1.29, 1.82) is 0 Å². The highest BCUT2D eigenvalue weighted by atomic mass is 35.5. The Morgan fingerprint density at radius 1 is 1.12 bits per heavy atom. The van der Waals surface area contributed by atoms with Crippen molar-refractivity contribution in [2.45, 2.75) is 19.9 Å². The Morgan fingerprint density at radius 3 is 2.40 bits per heavy atom. The van der Waals surface area contributed by atoms with E-state index in [4.69, 9.17) is 23.8 Å². The molecule has 0 saturated carbocycles. The van der Waals surface area contributed by atoms with Gasteiger partial charge in [-0.2, -0.15) is 0 Å². The second-order valence-corrected chi connectivity index (χ2v) is 6.39. The molecule has 0 heterocycles. The number of rotatable bonds is 7. The number of thiocarbonyl (C=S) groups is 1. The quantitative estimate of drug-likeness (QED) is 0.672. The summed E-state index contributed by atoms with van der Waals surface area (Å²) in [6, 6.07) is 14.3. The lowest BCUT2D eigenvalue weighted by molar-refractivity contribution is 0.219. The molecule has 2 aromatic rings. The summed E-state index contributed by atoms with van der Waals surface area (Å²) in [5.41, 5.74) is 1.41. The molecule has 2 rings (SSSR count). The molecule has 2 aromatic carbocycles. The predicted molar refractivity (Wildman–Crippen MR) is 108 cm³/mol. The summed E-state index contributed by atoms with van der Waals surface area (Å²) in [6.07, 6.45) is 0. The summed E-state index contributed by atoms with van der Waals surface area (Å²) in [6.45, 7) is 6.58. The van der Waals surface area contributed by atoms with E-state index in [-0.39, 0.29) is 11.9 Å². The van der Waals surface area contributed by atoms with Crippen LogP contribution in [0.25, 0.3) is 0 Å². The van der Waals surface area contributed by atoms with E-state index in [9.17, 15) is 4.39 Å². The van der Waals surface area contributed by atoms with Crippen molar-refractivity contribution >= 4 is 34.6 Å². The summed E-state index contributed by atoms with van der Waals surface area (Å²) in [5, 5.41) is 7.20. The molecule has 25 heavy (non-hydrogen) atoms. The van der Waals surface area contributed by atoms with Gasteiger partial charge >= 0.3 is 0 Å². The predicted octanol–water partition coefficient (Wildman–Crippen LogP) is 4.85. The number of benzene rings is 2. The molecule has 0 aliphatic carbocycles. The van der Waals surface area contributed by atoms with Crippen LogP contribution in [0.3, 0.4) is 0 Å². The topological polar surface area (TPSA) is 27.3 Å². The van der Waals surface area contributed by atoms with E-state index in [1.54, 1.807) is 18.2 Å². The third kappa shape index (κ3) is 5.39. The third-order valence-electron chi connectivity index (χ3n) is 4.10. The van der Waals surface area contributed by atoms with E-state index in [0.29, 0.717) is 17.3 Å². The first-order chi connectivity index (χ1) is 12.1. The van der Waals surface area contributed by atoms with Gasteiger partial charge in [0.05, 0.1) is 11.7 Å². The summed E-state index contributed by atoms with van der Waals surface area (Å²) < 4.78 is 13.7. The van der Waals surface area contributed by atoms with E-state index in [0.717, 1.165) is 23.7 Å². The molecule has 0 fully saturated rings. The fourth-order valence-corrected chi connectivity index (χ4v) is 3.22. The van der Waals surface area contributed by atoms with Gasteiger partial charge in [-0.05, 0) is 49.1 Å². The van der Waals surface area contributed by atoms with Gasteiger partial charge < -0.3 is 10.6 Å². The standard InChI is InChI=1S/C19H23ClFN3S/c1-3-24(4-2)18(14-9-5-6-10-15(14)20)13-22-19(25)23-17-12-8-7-11-16(17)21/h5-12,18H,3-4,13H2,1-2H3,(H2,22,23,25)/t18-/m0/s1. The number of nitrogens with zero attached hydrogens (tertiary/aromatic N) is 1. The monoisotopic (exact) mass is 379 g/mol. The van der Waals surface area contributed by atoms with Gasteiger partial charge in [-0.3, -0.25) is 4.90 Å². The molecule has 1 atom stereocenters. The molecule has 0 bridgehead atoms. The Morgan fingerprint density at radius 2 is 1.76 bits per heavy atom. The van der Waals surface area contributed by atoms with E-state index in [2.05, 4.69) is 29.4 Å². The largest absolute Gasteiger partial charge is 0.361 e. The molecule has 0 aromatic heterocycles. The highest BCUT2D eigenvalue weighted by Crippen LogP contribution is 2.27. The molecule has 6 heteroatoms. The van der Waals surface area contributed by atoms with Crippen molar-refractivity contribution in [3.63, 3.8) is 0 Å². The van der Waals surface area contributed by atoms with Gasteiger partial charge in [0.25, 0.3) is 0 Å². The molecule has 0 unspecified atom stereocenters. The first-order valence-corrected chi connectivity index (χ1v) is 9.13. The normalized spacial score (nSPS) is 12.0. The van der Waals surface area contributed by atoms with Crippen LogP contribution in [0.15, 0.2) is 48.5 Å². The molecule has 0 amide bonds. The molecule has 134 valence electrons. The van der Waals surface area contributed by atoms with Crippen LogP contribution in [0.4, 0.5) is 10.1 Å². The minimum Gasteiger partial charge on any atom is -0.361 e. The van der Waals surface area contributed by atoms with Gasteiger partial charge in [0.1, 0.15) is 5.82 Å². The second kappa shape index (κ2) is 9.70. The fourth-order valence-electron chi connectivity index (χ4n) is 2.76. The minimum atomic E-state index is -0.335. The van der Waals surface area contributed by atoms with Crippen molar-refractivity contribution in [3.8, 4) is 0 Å². The zero-order valence-corrected chi connectivity index (χ0v) is 16.0. The lowest BCUT2D eigenvalue weighted by Gasteiger charge is -2.31. The number of para-hydroxylation sites is 1. The fraction of sp³-hybridized carbons (Fsp3) is 0.316. The SMILES string of the molecule is CCN(CC)[C@@H](CNC(=S)Nc1ccccc1F)c1ccccc1Cl. The minimum absolute atomic E-state index is 0.0732. The van der Waals surface area contributed by atoms with E-state index in [1.807, 2.05) is 24.3 Å². The molecular weight excluding hydrogens is 357 g/mol. The van der Waals surface area contributed by atoms with Crippen LogP contribution in [-0.2, 0) is 0 Å². The zero-order valence-electron chi connectivity index (χ0n) is 14.4. The lowest BCUT2D eigenvalue weighted by Crippen LogP contribution is -2.39. The molecule has 0 aliphatic heterocycles. The van der Waals surface area contributed by atoms with Gasteiger partial charge in [0.15, 0.2) is 5.11 Å². The number of likely N-dealkylation sites (N-methyl/N-ethyl adjacent to an activating group) is 1. The highest BCUT2D eigenvalue weighted by Gasteiger charge is 2.20. The van der Waals surface area contributed by atoms with Gasteiger partial charge in [-0.25, -0.2) is 4.39 Å². The Balaban J connectivity index is 2.08. The lowest BCUT2D eigenvalue weighted by atomic mass is 10.0. The molecule has 0 aliphatic rings. The van der Waals surface area contributed by atoms with Crippen molar-refractivity contribution in [2.75, 3.05) is 25.0 Å². The van der Waals surface area contributed by atoms with Crippen LogP contribution in [0.2, 0.25) is 5.02 Å². The number of nitrogens with one attached hydrogen (secondary N) is 2. The maximum atomic E-state index is 13.7. The van der Waals surface area contributed by atoms with E-state index < -0.39 is 0 Å². The Labute approximate surface area is 159 Å². The van der Waals surface area contributed by atoms with Gasteiger partial charge in [-0.15, -0.1) is 0 Å². The number of halogens is 2. The Bertz CT molecular complexity index is 707. The maximum absolute atomic E-state index is 13.7. The summed E-state index contributed by atoms with van der Waals surface area (Å²) in [7, 11) is 0. The van der Waals surface area contributed by atoms with Crippen molar-refractivity contribution in [3.05, 3.63) is 64.9 Å². The summed E-state index contributed by atoms with van der Waals surface area (Å²) in [5.74, 6) is -0.335. The smallest absolute Gasteiger partial charge is 0.170 e. The van der Waals surface area contributed by atoms with Gasteiger partial charge in [-0.1, -0.05) is 55.8 Å². The molecule has 0 radical (unpaired) electrons. The van der Waals surface area contributed by atoms with Crippen LogP contribution >= 0.6 is 23.8 Å².